The molecule has 0 nitrogen and oxygen atoms in total. The van der Waals surface area contributed by atoms with Crippen molar-refractivity contribution in [2.75, 3.05) is 0 Å². The summed E-state index contributed by atoms with van der Waals surface area (Å²) >= 11 is 0. The van der Waals surface area contributed by atoms with Gasteiger partial charge in [-0.25, -0.2) is 4.39 Å². The molecule has 0 aliphatic heterocycles. The molecule has 31 heavy (non-hydrogen) atoms. The van der Waals surface area contributed by atoms with E-state index >= 15 is 0 Å². The third-order valence-corrected chi connectivity index (χ3v) is 8.85. The standard InChI is InChI=1S/C30H49F/c1-2-3-4-5-6-9-20-29(21-10-7-11-22-29)23-14-15-26-30(24-12-8-13-25-30)27-16-18-28(31)19-17-27/h16-19H,2-15,20-26H2,1H3. The maximum absolute atomic E-state index is 13.5. The zero-order chi connectivity index (χ0) is 21.8. The van der Waals surface area contributed by atoms with E-state index in [0.29, 0.717) is 10.8 Å². The Kier molecular flexibility index (Phi) is 10.4. The van der Waals surface area contributed by atoms with Gasteiger partial charge >= 0.3 is 0 Å². The van der Waals surface area contributed by atoms with E-state index in [-0.39, 0.29) is 5.82 Å². The molecule has 0 saturated heterocycles. The number of hydrogen-bond donors (Lipinski definition) is 0. The molecule has 0 atom stereocenters. The van der Waals surface area contributed by atoms with E-state index in [2.05, 4.69) is 19.1 Å². The zero-order valence-corrected chi connectivity index (χ0v) is 20.5. The van der Waals surface area contributed by atoms with Crippen LogP contribution in [0.15, 0.2) is 24.3 Å². The van der Waals surface area contributed by atoms with E-state index in [1.54, 1.807) is 12.1 Å². The maximum atomic E-state index is 13.5. The van der Waals surface area contributed by atoms with Crippen LogP contribution in [0.3, 0.4) is 0 Å². The van der Waals surface area contributed by atoms with E-state index in [0.717, 1.165) is 0 Å². The average Bonchev–Trinajstić information content (AvgIpc) is 2.81. The van der Waals surface area contributed by atoms with Gasteiger partial charge in [0.2, 0.25) is 0 Å². The van der Waals surface area contributed by atoms with Gasteiger partial charge in [0.25, 0.3) is 0 Å². The molecule has 1 heteroatoms. The second-order valence-electron chi connectivity index (χ2n) is 11.1. The van der Waals surface area contributed by atoms with E-state index in [1.165, 1.54) is 140 Å². The Balaban J connectivity index is 1.49. The Labute approximate surface area is 192 Å². The van der Waals surface area contributed by atoms with Crippen molar-refractivity contribution < 1.29 is 4.39 Å². The molecule has 0 heterocycles. The molecular formula is C30H49F. The quantitative estimate of drug-likeness (QED) is 0.274. The number of rotatable bonds is 13. The maximum Gasteiger partial charge on any atom is 0.123 e. The van der Waals surface area contributed by atoms with Gasteiger partial charge in [0.1, 0.15) is 5.82 Å². The molecule has 2 fully saturated rings. The second kappa shape index (κ2) is 13.0. The fourth-order valence-corrected chi connectivity index (χ4v) is 6.89. The lowest BCUT2D eigenvalue weighted by atomic mass is 9.65. The first kappa shape index (κ1) is 24.8. The fourth-order valence-electron chi connectivity index (χ4n) is 6.89. The number of hydrogen-bond acceptors (Lipinski definition) is 0. The Morgan fingerprint density at radius 3 is 1.77 bits per heavy atom. The monoisotopic (exact) mass is 428 g/mol. The molecule has 2 aliphatic carbocycles. The second-order valence-corrected chi connectivity index (χ2v) is 11.1. The number of halogens is 1. The Bertz CT molecular complexity index is 589. The molecule has 1 aromatic carbocycles. The van der Waals surface area contributed by atoms with Crippen molar-refractivity contribution in [1.29, 1.82) is 0 Å². The van der Waals surface area contributed by atoms with E-state index in [9.17, 15) is 4.39 Å². The molecule has 0 radical (unpaired) electrons. The molecule has 0 unspecified atom stereocenters. The van der Waals surface area contributed by atoms with Crippen LogP contribution in [0, 0.1) is 11.2 Å². The van der Waals surface area contributed by atoms with Gasteiger partial charge in [-0.15, -0.1) is 0 Å². The first-order chi connectivity index (χ1) is 15.2. The fraction of sp³-hybridized carbons (Fsp3) is 0.800. The minimum absolute atomic E-state index is 0.0938. The molecule has 0 bridgehead atoms. The van der Waals surface area contributed by atoms with Crippen LogP contribution in [-0.4, -0.2) is 0 Å². The highest BCUT2D eigenvalue weighted by atomic mass is 19.1. The summed E-state index contributed by atoms with van der Waals surface area (Å²) < 4.78 is 13.5. The summed E-state index contributed by atoms with van der Waals surface area (Å²) in [6.07, 6.45) is 29.7. The van der Waals surface area contributed by atoms with Crippen LogP contribution in [0.5, 0.6) is 0 Å². The van der Waals surface area contributed by atoms with Crippen LogP contribution in [0.4, 0.5) is 4.39 Å². The molecule has 0 amide bonds. The zero-order valence-electron chi connectivity index (χ0n) is 20.5. The molecule has 0 aromatic heterocycles. The topological polar surface area (TPSA) is 0 Å². The summed E-state index contributed by atoms with van der Waals surface area (Å²) in [5.41, 5.74) is 2.40. The lowest BCUT2D eigenvalue weighted by Gasteiger charge is -2.40. The minimum atomic E-state index is -0.0938. The van der Waals surface area contributed by atoms with Gasteiger partial charge in [-0.1, -0.05) is 109 Å². The third kappa shape index (κ3) is 7.61. The van der Waals surface area contributed by atoms with Crippen LogP contribution in [-0.2, 0) is 5.41 Å². The van der Waals surface area contributed by atoms with Crippen molar-refractivity contribution in [2.45, 2.75) is 147 Å². The first-order valence-electron chi connectivity index (χ1n) is 13.9. The Hall–Kier alpha value is -0.850. The highest BCUT2D eigenvalue weighted by molar-refractivity contribution is 5.26. The highest BCUT2D eigenvalue weighted by Crippen LogP contribution is 2.47. The van der Waals surface area contributed by atoms with Crippen molar-refractivity contribution in [3.63, 3.8) is 0 Å². The van der Waals surface area contributed by atoms with Crippen molar-refractivity contribution in [3.05, 3.63) is 35.6 Å². The third-order valence-electron chi connectivity index (χ3n) is 8.85. The van der Waals surface area contributed by atoms with Crippen LogP contribution in [0.1, 0.15) is 147 Å². The SMILES string of the molecule is CCCCCCCCC1(CCCCC2(c3ccc(F)cc3)CCCCC2)CCCCC1. The summed E-state index contributed by atoms with van der Waals surface area (Å²) in [5.74, 6) is -0.0938. The van der Waals surface area contributed by atoms with Crippen LogP contribution in [0.2, 0.25) is 0 Å². The average molecular weight is 429 g/mol. The Morgan fingerprint density at radius 1 is 0.613 bits per heavy atom. The predicted molar refractivity (Wildman–Crippen MR) is 133 cm³/mol. The summed E-state index contributed by atoms with van der Waals surface area (Å²) in [5, 5.41) is 0. The van der Waals surface area contributed by atoms with E-state index in [1.807, 2.05) is 0 Å². The van der Waals surface area contributed by atoms with Gasteiger partial charge in [-0.05, 0) is 73.5 Å². The van der Waals surface area contributed by atoms with Crippen molar-refractivity contribution in [3.8, 4) is 0 Å². The number of unbranched alkanes of at least 4 members (excludes halogenated alkanes) is 6. The first-order valence-corrected chi connectivity index (χ1v) is 13.9. The largest absolute Gasteiger partial charge is 0.207 e. The van der Waals surface area contributed by atoms with Crippen LogP contribution < -0.4 is 0 Å². The summed E-state index contributed by atoms with van der Waals surface area (Å²) in [4.78, 5) is 0. The van der Waals surface area contributed by atoms with Gasteiger partial charge in [0, 0.05) is 0 Å². The van der Waals surface area contributed by atoms with Crippen molar-refractivity contribution >= 4 is 0 Å². The molecule has 3 rings (SSSR count). The predicted octanol–water partition coefficient (Wildman–Crippen LogP) is 10.3. The lowest BCUT2D eigenvalue weighted by Crippen LogP contribution is -2.29. The smallest absolute Gasteiger partial charge is 0.123 e. The van der Waals surface area contributed by atoms with E-state index < -0.39 is 0 Å². The van der Waals surface area contributed by atoms with Crippen molar-refractivity contribution in [1.82, 2.24) is 0 Å². The molecule has 176 valence electrons. The van der Waals surface area contributed by atoms with Gasteiger partial charge in [-0.2, -0.15) is 0 Å². The summed E-state index contributed by atoms with van der Waals surface area (Å²) in [6.45, 7) is 2.31. The molecule has 1 aromatic rings. The van der Waals surface area contributed by atoms with Gasteiger partial charge in [-0.3, -0.25) is 0 Å². The highest BCUT2D eigenvalue weighted by Gasteiger charge is 2.34. The molecule has 0 spiro atoms. The molecular weight excluding hydrogens is 379 g/mol. The number of benzene rings is 1. The molecule has 2 aliphatic rings. The van der Waals surface area contributed by atoms with Crippen LogP contribution in [0.25, 0.3) is 0 Å². The lowest BCUT2D eigenvalue weighted by molar-refractivity contribution is 0.143. The summed E-state index contributed by atoms with van der Waals surface area (Å²) in [7, 11) is 0. The minimum Gasteiger partial charge on any atom is -0.207 e. The van der Waals surface area contributed by atoms with Gasteiger partial charge in [0.05, 0.1) is 0 Å². The van der Waals surface area contributed by atoms with Crippen molar-refractivity contribution in [2.24, 2.45) is 5.41 Å². The Morgan fingerprint density at radius 2 is 1.13 bits per heavy atom. The molecule has 2 saturated carbocycles. The summed E-state index contributed by atoms with van der Waals surface area (Å²) in [6, 6.07) is 7.54. The molecule has 0 N–H and O–H groups in total. The normalized spacial score (nSPS) is 20.6. The van der Waals surface area contributed by atoms with Gasteiger partial charge < -0.3 is 0 Å². The van der Waals surface area contributed by atoms with E-state index in [4.69, 9.17) is 0 Å². The van der Waals surface area contributed by atoms with Crippen LogP contribution >= 0.6 is 0 Å². The van der Waals surface area contributed by atoms with Gasteiger partial charge in [0.15, 0.2) is 0 Å².